The molecule has 1 N–H and O–H groups in total. The zero-order valence-corrected chi connectivity index (χ0v) is 19.7. The van der Waals surface area contributed by atoms with Gasteiger partial charge in [-0.3, -0.25) is 19.2 Å². The maximum Gasteiger partial charge on any atom is 0.277 e. The van der Waals surface area contributed by atoms with Gasteiger partial charge in [0, 0.05) is 16.8 Å². The minimum absolute atomic E-state index is 0.151. The van der Waals surface area contributed by atoms with Crippen LogP contribution >= 0.6 is 22.9 Å². The monoisotopic (exact) mass is 468 g/mol. The molecule has 0 saturated heterocycles. The van der Waals surface area contributed by atoms with E-state index in [9.17, 15) is 9.59 Å². The Hall–Kier alpha value is -2.64. The number of carbonyl (C=O) groups excluding carboxylic acids is 2. The molecule has 1 fully saturated rings. The molecule has 5 rings (SSSR count). The lowest BCUT2D eigenvalue weighted by molar-refractivity contribution is -0.127. The number of hydrogen-bond donors (Lipinski definition) is 1. The van der Waals surface area contributed by atoms with Crippen LogP contribution < -0.4 is 10.2 Å². The van der Waals surface area contributed by atoms with Crippen LogP contribution in [0.2, 0.25) is 5.02 Å². The fourth-order valence-electron chi connectivity index (χ4n) is 4.66. The Kier molecular flexibility index (Phi) is 5.34. The second kappa shape index (κ2) is 8.05. The Morgan fingerprint density at radius 2 is 2.03 bits per heavy atom. The van der Waals surface area contributed by atoms with E-state index >= 15 is 0 Å². The number of anilines is 1. The standard InChI is InChI=1S/C24H25ClN4O2S/c1-15-9-10-17(12-18(15)25)29-22(30)20-13-19(21-8-5-11-32-21)27-28(20)14-24(29,2)23(31)26-16-6-3-4-7-16/h5,8-13,16H,3-4,6-7,14H2,1-2H3,(H,26,31)/t24-/m0/s1. The molecule has 2 amide bonds. The van der Waals surface area contributed by atoms with Gasteiger partial charge >= 0.3 is 0 Å². The van der Waals surface area contributed by atoms with Gasteiger partial charge in [-0.05, 0) is 61.9 Å². The van der Waals surface area contributed by atoms with Crippen LogP contribution in [0.25, 0.3) is 10.6 Å². The van der Waals surface area contributed by atoms with Gasteiger partial charge in [0.2, 0.25) is 5.91 Å². The summed E-state index contributed by atoms with van der Waals surface area (Å²) in [5.41, 5.74) is 1.60. The van der Waals surface area contributed by atoms with Crippen molar-refractivity contribution < 1.29 is 9.59 Å². The van der Waals surface area contributed by atoms with Crippen molar-refractivity contribution in [1.82, 2.24) is 15.1 Å². The predicted octanol–water partition coefficient (Wildman–Crippen LogP) is 5.05. The van der Waals surface area contributed by atoms with Crippen molar-refractivity contribution in [2.45, 2.75) is 57.7 Å². The van der Waals surface area contributed by atoms with Gasteiger partial charge in [-0.25, -0.2) is 0 Å². The highest BCUT2D eigenvalue weighted by Gasteiger charge is 2.49. The third kappa shape index (κ3) is 3.53. The molecule has 3 aromatic rings. The number of amides is 2. The molecular formula is C24H25ClN4O2S. The van der Waals surface area contributed by atoms with Gasteiger partial charge in [0.1, 0.15) is 16.9 Å². The van der Waals surface area contributed by atoms with Gasteiger partial charge in [0.25, 0.3) is 5.91 Å². The highest BCUT2D eigenvalue weighted by molar-refractivity contribution is 7.13. The lowest BCUT2D eigenvalue weighted by atomic mass is 9.93. The average molecular weight is 469 g/mol. The lowest BCUT2D eigenvalue weighted by Crippen LogP contribution is -2.65. The van der Waals surface area contributed by atoms with Gasteiger partial charge in [0.05, 0.1) is 11.4 Å². The second-order valence-corrected chi connectivity index (χ2v) is 10.2. The summed E-state index contributed by atoms with van der Waals surface area (Å²) in [6.07, 6.45) is 4.18. The van der Waals surface area contributed by atoms with Crippen molar-refractivity contribution >= 4 is 40.4 Å². The van der Waals surface area contributed by atoms with Crippen molar-refractivity contribution in [3.8, 4) is 10.6 Å². The molecule has 0 spiro atoms. The molecule has 2 aliphatic rings. The molecule has 32 heavy (non-hydrogen) atoms. The molecule has 166 valence electrons. The van der Waals surface area contributed by atoms with Crippen molar-refractivity contribution in [1.29, 1.82) is 0 Å². The SMILES string of the molecule is Cc1ccc(N2C(=O)c3cc(-c4cccs4)nn3C[C@@]2(C)C(=O)NC2CCCC2)cc1Cl. The maximum absolute atomic E-state index is 13.8. The number of aryl methyl sites for hydroxylation is 1. The summed E-state index contributed by atoms with van der Waals surface area (Å²) in [6.45, 7) is 4.00. The molecule has 2 aromatic heterocycles. The van der Waals surface area contributed by atoms with Gasteiger partial charge in [0.15, 0.2) is 0 Å². The molecule has 6 nitrogen and oxygen atoms in total. The molecule has 0 unspecified atom stereocenters. The fourth-order valence-corrected chi connectivity index (χ4v) is 5.52. The van der Waals surface area contributed by atoms with Crippen molar-refractivity contribution in [3.63, 3.8) is 0 Å². The summed E-state index contributed by atoms with van der Waals surface area (Å²) in [4.78, 5) is 30.0. The number of fused-ring (bicyclic) bond motifs is 1. The third-order valence-corrected chi connectivity index (χ3v) is 7.82. The fraction of sp³-hybridized carbons (Fsp3) is 0.375. The maximum atomic E-state index is 13.8. The molecule has 1 saturated carbocycles. The number of rotatable bonds is 4. The van der Waals surface area contributed by atoms with Gasteiger partial charge in [-0.15, -0.1) is 11.3 Å². The zero-order valence-electron chi connectivity index (χ0n) is 18.1. The van der Waals surface area contributed by atoms with E-state index in [1.54, 1.807) is 27.0 Å². The van der Waals surface area contributed by atoms with Crippen LogP contribution in [0, 0.1) is 6.92 Å². The number of nitrogens with one attached hydrogen (secondary N) is 1. The molecule has 1 atom stereocenters. The van der Waals surface area contributed by atoms with E-state index in [0.29, 0.717) is 16.4 Å². The molecule has 8 heteroatoms. The first kappa shape index (κ1) is 21.2. The molecule has 1 aliphatic heterocycles. The molecule has 0 bridgehead atoms. The molecule has 3 heterocycles. The van der Waals surface area contributed by atoms with E-state index in [-0.39, 0.29) is 24.4 Å². The predicted molar refractivity (Wildman–Crippen MR) is 127 cm³/mol. The van der Waals surface area contributed by atoms with E-state index in [1.165, 1.54) is 0 Å². The first-order chi connectivity index (χ1) is 15.4. The normalized spacial score (nSPS) is 21.1. The molecule has 1 aromatic carbocycles. The van der Waals surface area contributed by atoms with Crippen LogP contribution in [-0.2, 0) is 11.3 Å². The Balaban J connectivity index is 1.59. The second-order valence-electron chi connectivity index (χ2n) is 8.85. The van der Waals surface area contributed by atoms with Crippen LogP contribution in [0.5, 0.6) is 0 Å². The Morgan fingerprint density at radius 3 is 2.72 bits per heavy atom. The van der Waals surface area contributed by atoms with Gasteiger partial charge < -0.3 is 5.32 Å². The Bertz CT molecular complexity index is 1180. The highest BCUT2D eigenvalue weighted by atomic mass is 35.5. The highest BCUT2D eigenvalue weighted by Crippen LogP contribution is 2.36. The van der Waals surface area contributed by atoms with Gasteiger partial charge in [-0.2, -0.15) is 5.10 Å². The summed E-state index contributed by atoms with van der Waals surface area (Å²) in [5.74, 6) is -0.413. The average Bonchev–Trinajstić information content (AvgIpc) is 3.51. The van der Waals surface area contributed by atoms with Crippen LogP contribution in [0.1, 0.15) is 48.7 Å². The molecule has 1 aliphatic carbocycles. The number of aromatic nitrogens is 2. The van der Waals surface area contributed by atoms with Crippen LogP contribution in [-0.4, -0.2) is 33.2 Å². The quantitative estimate of drug-likeness (QED) is 0.582. The van der Waals surface area contributed by atoms with E-state index in [1.807, 2.05) is 49.6 Å². The number of benzene rings is 1. The zero-order chi connectivity index (χ0) is 22.5. The minimum atomic E-state index is -1.13. The summed E-state index contributed by atoms with van der Waals surface area (Å²) in [6, 6.07) is 11.4. The third-order valence-electron chi connectivity index (χ3n) is 6.52. The van der Waals surface area contributed by atoms with E-state index < -0.39 is 5.54 Å². The van der Waals surface area contributed by atoms with Gasteiger partial charge in [-0.1, -0.05) is 36.6 Å². The number of carbonyl (C=O) groups is 2. The Morgan fingerprint density at radius 1 is 1.25 bits per heavy atom. The van der Waals surface area contributed by atoms with Crippen molar-refractivity contribution in [2.75, 3.05) is 4.90 Å². The number of halogens is 1. The smallest absolute Gasteiger partial charge is 0.277 e. The number of thiophene rings is 1. The summed E-state index contributed by atoms with van der Waals surface area (Å²) in [7, 11) is 0. The van der Waals surface area contributed by atoms with E-state index in [4.69, 9.17) is 11.6 Å². The Labute approximate surface area is 196 Å². The summed E-state index contributed by atoms with van der Waals surface area (Å²) >= 11 is 7.98. The van der Waals surface area contributed by atoms with Crippen molar-refractivity contribution in [2.24, 2.45) is 0 Å². The first-order valence-corrected chi connectivity index (χ1v) is 12.2. The van der Waals surface area contributed by atoms with E-state index in [2.05, 4.69) is 10.4 Å². The number of nitrogens with zero attached hydrogens (tertiary/aromatic N) is 3. The van der Waals surface area contributed by atoms with Crippen LogP contribution in [0.15, 0.2) is 41.8 Å². The summed E-state index contributed by atoms with van der Waals surface area (Å²) in [5, 5.41) is 10.4. The minimum Gasteiger partial charge on any atom is -0.351 e. The lowest BCUT2D eigenvalue weighted by Gasteiger charge is -2.43. The van der Waals surface area contributed by atoms with Crippen LogP contribution in [0.4, 0.5) is 5.69 Å². The first-order valence-electron chi connectivity index (χ1n) is 10.9. The topological polar surface area (TPSA) is 67.2 Å². The summed E-state index contributed by atoms with van der Waals surface area (Å²) < 4.78 is 1.68. The van der Waals surface area contributed by atoms with Crippen molar-refractivity contribution in [3.05, 3.63) is 58.1 Å². The van der Waals surface area contributed by atoms with E-state index in [0.717, 1.165) is 41.8 Å². The largest absolute Gasteiger partial charge is 0.351 e. The van der Waals surface area contributed by atoms with Crippen LogP contribution in [0.3, 0.4) is 0 Å². The molecule has 0 radical (unpaired) electrons. The molecular weight excluding hydrogens is 444 g/mol. The number of hydrogen-bond acceptors (Lipinski definition) is 4.